The van der Waals surface area contributed by atoms with E-state index in [-0.39, 0.29) is 28.6 Å². The van der Waals surface area contributed by atoms with Gasteiger partial charge in [0.2, 0.25) is 0 Å². The molecular weight excluding hydrogens is 303 g/mol. The molecule has 2 N–H and O–H groups in total. The zero-order valence-corrected chi connectivity index (χ0v) is 11.7. The average molecular weight is 314 g/mol. The van der Waals surface area contributed by atoms with Gasteiger partial charge in [-0.05, 0) is 24.3 Å². The molecule has 2 aromatic carbocycles. The molecule has 0 amide bonds. The number of rotatable bonds is 3. The molecule has 0 spiro atoms. The number of aromatic carboxylic acids is 1. The molecular formula is C16H11FN2O4. The molecule has 0 aliphatic carbocycles. The van der Waals surface area contributed by atoms with Gasteiger partial charge in [0.1, 0.15) is 5.82 Å². The first-order valence-electron chi connectivity index (χ1n) is 6.71. The molecule has 6 nitrogen and oxygen atoms in total. The van der Waals surface area contributed by atoms with Crippen molar-refractivity contribution >= 4 is 16.9 Å². The van der Waals surface area contributed by atoms with Crippen LogP contribution in [0.25, 0.3) is 10.9 Å². The Bertz CT molecular complexity index is 1040. The van der Waals surface area contributed by atoms with Crippen LogP contribution in [0.15, 0.2) is 52.1 Å². The predicted octanol–water partition coefficient (Wildman–Crippen LogP) is 1.58. The Hall–Kier alpha value is -3.22. The molecule has 0 aliphatic rings. The van der Waals surface area contributed by atoms with Gasteiger partial charge in [-0.25, -0.2) is 14.0 Å². The number of aromatic nitrogens is 2. The normalized spacial score (nSPS) is 10.8. The number of halogens is 1. The molecule has 1 heterocycles. The second-order valence-electron chi connectivity index (χ2n) is 4.98. The Morgan fingerprint density at radius 2 is 1.91 bits per heavy atom. The first-order chi connectivity index (χ1) is 11.0. The van der Waals surface area contributed by atoms with Crippen LogP contribution in [0.5, 0.6) is 0 Å². The molecule has 0 unspecified atom stereocenters. The van der Waals surface area contributed by atoms with Gasteiger partial charge in [-0.2, -0.15) is 0 Å². The number of nitrogens with zero attached hydrogens (tertiary/aromatic N) is 1. The maximum absolute atomic E-state index is 13.7. The number of fused-ring (bicyclic) bond motifs is 1. The zero-order chi connectivity index (χ0) is 16.6. The number of hydrogen-bond donors (Lipinski definition) is 2. The van der Waals surface area contributed by atoms with Gasteiger partial charge in [-0.1, -0.05) is 18.2 Å². The Balaban J connectivity index is 2.18. The lowest BCUT2D eigenvalue weighted by Gasteiger charge is -2.08. The molecule has 0 saturated heterocycles. The summed E-state index contributed by atoms with van der Waals surface area (Å²) in [4.78, 5) is 37.9. The molecule has 0 aliphatic heterocycles. The van der Waals surface area contributed by atoms with Gasteiger partial charge in [0.05, 0.1) is 23.0 Å². The highest BCUT2D eigenvalue weighted by Crippen LogP contribution is 2.10. The van der Waals surface area contributed by atoms with Crippen LogP contribution in [0, 0.1) is 5.82 Å². The van der Waals surface area contributed by atoms with Crippen LogP contribution in [0.2, 0.25) is 0 Å². The van der Waals surface area contributed by atoms with E-state index in [1.54, 1.807) is 6.07 Å². The number of benzene rings is 2. The maximum Gasteiger partial charge on any atom is 0.335 e. The van der Waals surface area contributed by atoms with Gasteiger partial charge in [0.25, 0.3) is 5.56 Å². The Kier molecular flexibility index (Phi) is 3.53. The number of hydrogen-bond acceptors (Lipinski definition) is 3. The van der Waals surface area contributed by atoms with E-state index >= 15 is 0 Å². The van der Waals surface area contributed by atoms with Crippen molar-refractivity contribution in [2.45, 2.75) is 6.54 Å². The highest BCUT2D eigenvalue weighted by molar-refractivity contribution is 5.92. The van der Waals surface area contributed by atoms with E-state index in [1.807, 2.05) is 0 Å². The standard InChI is InChI=1S/C16H11FN2O4/c17-12-4-2-1-3-10(12)8-19-14(20)11-6-5-9(15(21)22)7-13(11)18-16(19)23/h1-7H,8H2,(H,18,23)(H,21,22). The maximum atomic E-state index is 13.7. The van der Waals surface area contributed by atoms with Gasteiger partial charge >= 0.3 is 11.7 Å². The monoisotopic (exact) mass is 314 g/mol. The van der Waals surface area contributed by atoms with Crippen LogP contribution in [0.4, 0.5) is 4.39 Å². The van der Waals surface area contributed by atoms with Crippen LogP contribution in [0.3, 0.4) is 0 Å². The number of carboxylic acids is 1. The van der Waals surface area contributed by atoms with Crippen LogP contribution in [0.1, 0.15) is 15.9 Å². The van der Waals surface area contributed by atoms with Gasteiger partial charge in [-0.15, -0.1) is 0 Å². The van der Waals surface area contributed by atoms with Crippen molar-refractivity contribution in [3.05, 3.63) is 80.2 Å². The first-order valence-corrected chi connectivity index (χ1v) is 6.71. The third kappa shape index (κ3) is 2.64. The summed E-state index contributed by atoms with van der Waals surface area (Å²) >= 11 is 0. The lowest BCUT2D eigenvalue weighted by atomic mass is 10.1. The van der Waals surface area contributed by atoms with E-state index in [1.165, 1.54) is 36.4 Å². The Labute approximate surface area is 128 Å². The van der Waals surface area contributed by atoms with E-state index in [2.05, 4.69) is 4.98 Å². The topological polar surface area (TPSA) is 92.2 Å². The lowest BCUT2D eigenvalue weighted by molar-refractivity contribution is 0.0697. The van der Waals surface area contributed by atoms with Crippen LogP contribution >= 0.6 is 0 Å². The Morgan fingerprint density at radius 3 is 2.61 bits per heavy atom. The predicted molar refractivity (Wildman–Crippen MR) is 81.3 cm³/mol. The van der Waals surface area contributed by atoms with Crippen molar-refractivity contribution in [1.29, 1.82) is 0 Å². The van der Waals surface area contributed by atoms with Crippen molar-refractivity contribution < 1.29 is 14.3 Å². The minimum atomic E-state index is -1.16. The van der Waals surface area contributed by atoms with Crippen molar-refractivity contribution in [3.63, 3.8) is 0 Å². The van der Waals surface area contributed by atoms with Gasteiger partial charge in [0, 0.05) is 5.56 Å². The minimum absolute atomic E-state index is 0.0422. The van der Waals surface area contributed by atoms with Crippen molar-refractivity contribution in [2.24, 2.45) is 0 Å². The molecule has 116 valence electrons. The summed E-state index contributed by atoms with van der Waals surface area (Å²) in [5, 5.41) is 9.10. The van der Waals surface area contributed by atoms with Crippen LogP contribution in [-0.2, 0) is 6.54 Å². The second kappa shape index (κ2) is 5.53. The van der Waals surface area contributed by atoms with E-state index in [4.69, 9.17) is 5.11 Å². The van der Waals surface area contributed by atoms with Gasteiger partial charge in [-0.3, -0.25) is 9.36 Å². The van der Waals surface area contributed by atoms with E-state index < -0.39 is 23.0 Å². The van der Waals surface area contributed by atoms with E-state index in [9.17, 15) is 18.8 Å². The lowest BCUT2D eigenvalue weighted by Crippen LogP contribution is -2.35. The highest BCUT2D eigenvalue weighted by atomic mass is 19.1. The van der Waals surface area contributed by atoms with Gasteiger partial charge < -0.3 is 10.1 Å². The smallest absolute Gasteiger partial charge is 0.335 e. The second-order valence-corrected chi connectivity index (χ2v) is 4.98. The number of H-pyrrole nitrogens is 1. The molecule has 7 heteroatoms. The summed E-state index contributed by atoms with van der Waals surface area (Å²) in [6.07, 6.45) is 0. The Morgan fingerprint density at radius 1 is 1.17 bits per heavy atom. The highest BCUT2D eigenvalue weighted by Gasteiger charge is 2.12. The molecule has 0 bridgehead atoms. The fourth-order valence-electron chi connectivity index (χ4n) is 2.33. The quantitative estimate of drug-likeness (QED) is 0.767. The number of aromatic amines is 1. The van der Waals surface area contributed by atoms with E-state index in [0.29, 0.717) is 0 Å². The molecule has 0 atom stereocenters. The molecule has 23 heavy (non-hydrogen) atoms. The van der Waals surface area contributed by atoms with Crippen LogP contribution in [-0.4, -0.2) is 20.6 Å². The zero-order valence-electron chi connectivity index (χ0n) is 11.7. The largest absolute Gasteiger partial charge is 0.478 e. The SMILES string of the molecule is O=C(O)c1ccc2c(=O)n(Cc3ccccc3F)c(=O)[nH]c2c1. The summed E-state index contributed by atoms with van der Waals surface area (Å²) in [7, 11) is 0. The fraction of sp³-hybridized carbons (Fsp3) is 0.0625. The van der Waals surface area contributed by atoms with Crippen molar-refractivity contribution in [2.75, 3.05) is 0 Å². The minimum Gasteiger partial charge on any atom is -0.478 e. The molecule has 3 rings (SSSR count). The van der Waals surface area contributed by atoms with Crippen molar-refractivity contribution in [1.82, 2.24) is 9.55 Å². The molecule has 1 aromatic heterocycles. The van der Waals surface area contributed by atoms with Crippen LogP contribution < -0.4 is 11.2 Å². The van der Waals surface area contributed by atoms with E-state index in [0.717, 1.165) is 4.57 Å². The molecule has 0 fully saturated rings. The fourth-order valence-corrected chi connectivity index (χ4v) is 2.33. The third-order valence-corrected chi connectivity index (χ3v) is 3.52. The molecule has 0 saturated carbocycles. The summed E-state index contributed by atoms with van der Waals surface area (Å²) in [6, 6.07) is 9.67. The average Bonchev–Trinajstić information content (AvgIpc) is 2.52. The van der Waals surface area contributed by atoms with Crippen molar-refractivity contribution in [3.8, 4) is 0 Å². The molecule has 3 aromatic rings. The summed E-state index contributed by atoms with van der Waals surface area (Å²) in [6.45, 7) is -0.211. The summed E-state index contributed by atoms with van der Waals surface area (Å²) in [5.74, 6) is -1.68. The summed E-state index contributed by atoms with van der Waals surface area (Å²) < 4.78 is 14.6. The number of nitrogens with one attached hydrogen (secondary N) is 1. The number of carbonyl (C=O) groups is 1. The number of carboxylic acid groups (broad SMARTS) is 1. The summed E-state index contributed by atoms with van der Waals surface area (Å²) in [5.41, 5.74) is -1.04. The first kappa shape index (κ1) is 14.7. The van der Waals surface area contributed by atoms with Gasteiger partial charge in [0.15, 0.2) is 0 Å². The third-order valence-electron chi connectivity index (χ3n) is 3.52. The molecule has 0 radical (unpaired) electrons.